The van der Waals surface area contributed by atoms with E-state index in [1.807, 2.05) is 30.3 Å². The first-order chi connectivity index (χ1) is 11.2. The van der Waals surface area contributed by atoms with Crippen LogP contribution in [0.4, 0.5) is 5.82 Å². The molecule has 112 valence electrons. The van der Waals surface area contributed by atoms with Gasteiger partial charge in [-0.3, -0.25) is 9.36 Å². The van der Waals surface area contributed by atoms with Crippen LogP contribution in [0, 0.1) is 11.3 Å². The Morgan fingerprint density at radius 3 is 2.48 bits per heavy atom. The Morgan fingerprint density at radius 1 is 1.13 bits per heavy atom. The molecular weight excluding hydrogens is 288 g/mol. The van der Waals surface area contributed by atoms with Gasteiger partial charge in [0.15, 0.2) is 5.82 Å². The molecule has 5 heteroatoms. The first kappa shape index (κ1) is 14.5. The van der Waals surface area contributed by atoms with Crippen LogP contribution in [0.2, 0.25) is 0 Å². The van der Waals surface area contributed by atoms with E-state index in [0.717, 1.165) is 11.3 Å². The van der Waals surface area contributed by atoms with Gasteiger partial charge in [-0.05, 0) is 17.7 Å². The minimum atomic E-state index is -0.179. The van der Waals surface area contributed by atoms with Crippen LogP contribution in [0.25, 0.3) is 5.69 Å². The third-order valence-electron chi connectivity index (χ3n) is 3.54. The van der Waals surface area contributed by atoms with E-state index < -0.39 is 0 Å². The molecule has 0 radical (unpaired) electrons. The first-order valence-electron chi connectivity index (χ1n) is 7.09. The summed E-state index contributed by atoms with van der Waals surface area (Å²) in [4.78, 5) is 16.8. The molecule has 0 unspecified atom stereocenters. The number of rotatable bonds is 4. The first-order valence-corrected chi connectivity index (χ1v) is 7.09. The molecule has 0 atom stereocenters. The topological polar surface area (TPSA) is 84.7 Å². The number of nitriles is 1. The van der Waals surface area contributed by atoms with Gasteiger partial charge in [0.25, 0.3) is 0 Å². The zero-order valence-electron chi connectivity index (χ0n) is 12.3. The molecule has 0 aliphatic heterocycles. The number of nitrogens with two attached hydrogens (primary N) is 1. The van der Waals surface area contributed by atoms with Gasteiger partial charge < -0.3 is 5.73 Å². The van der Waals surface area contributed by atoms with Gasteiger partial charge >= 0.3 is 0 Å². The van der Waals surface area contributed by atoms with Crippen molar-refractivity contribution in [2.45, 2.75) is 6.42 Å². The summed E-state index contributed by atoms with van der Waals surface area (Å²) >= 11 is 0. The summed E-state index contributed by atoms with van der Waals surface area (Å²) in [6, 6.07) is 18.5. The molecular formula is C18H14N4O. The predicted molar refractivity (Wildman–Crippen MR) is 87.2 cm³/mol. The summed E-state index contributed by atoms with van der Waals surface area (Å²) in [7, 11) is 0. The van der Waals surface area contributed by atoms with Crippen LogP contribution < -0.4 is 5.73 Å². The SMILES string of the molecule is N#CCc1ccc(-n2cnc(N)c2C(=O)c2ccccc2)cc1. The molecule has 1 aromatic heterocycles. The molecule has 1 heterocycles. The smallest absolute Gasteiger partial charge is 0.213 e. The van der Waals surface area contributed by atoms with Crippen LogP contribution in [0.15, 0.2) is 60.9 Å². The van der Waals surface area contributed by atoms with Crippen LogP contribution in [0.1, 0.15) is 21.6 Å². The Labute approximate surface area is 133 Å². The summed E-state index contributed by atoms with van der Waals surface area (Å²) in [5.74, 6) is 0.0154. The minimum Gasteiger partial charge on any atom is -0.382 e. The summed E-state index contributed by atoms with van der Waals surface area (Å²) in [5, 5.41) is 8.73. The van der Waals surface area contributed by atoms with Gasteiger partial charge in [-0.15, -0.1) is 0 Å². The zero-order valence-corrected chi connectivity index (χ0v) is 12.3. The highest BCUT2D eigenvalue weighted by atomic mass is 16.1. The number of hydrogen-bond acceptors (Lipinski definition) is 4. The van der Waals surface area contributed by atoms with Crippen molar-refractivity contribution < 1.29 is 4.79 Å². The van der Waals surface area contributed by atoms with Crippen molar-refractivity contribution in [2.24, 2.45) is 0 Å². The molecule has 0 amide bonds. The second-order valence-electron chi connectivity index (χ2n) is 5.04. The molecule has 0 spiro atoms. The lowest BCUT2D eigenvalue weighted by Crippen LogP contribution is -2.10. The molecule has 3 aromatic rings. The van der Waals surface area contributed by atoms with E-state index in [9.17, 15) is 4.79 Å². The Kier molecular flexibility index (Phi) is 3.89. The fourth-order valence-electron chi connectivity index (χ4n) is 2.38. The maximum atomic E-state index is 12.7. The van der Waals surface area contributed by atoms with Crippen molar-refractivity contribution >= 4 is 11.6 Å². The quantitative estimate of drug-likeness (QED) is 0.751. The Morgan fingerprint density at radius 2 is 1.83 bits per heavy atom. The van der Waals surface area contributed by atoms with Crippen molar-refractivity contribution in [2.75, 3.05) is 5.73 Å². The maximum absolute atomic E-state index is 12.7. The monoisotopic (exact) mass is 302 g/mol. The number of anilines is 1. The van der Waals surface area contributed by atoms with Crippen molar-refractivity contribution in [3.63, 3.8) is 0 Å². The lowest BCUT2D eigenvalue weighted by molar-refractivity contribution is 0.103. The maximum Gasteiger partial charge on any atom is 0.213 e. The second-order valence-corrected chi connectivity index (χ2v) is 5.04. The summed E-state index contributed by atoms with van der Waals surface area (Å²) < 4.78 is 1.67. The van der Waals surface area contributed by atoms with E-state index >= 15 is 0 Å². The molecule has 0 saturated heterocycles. The van der Waals surface area contributed by atoms with Crippen molar-refractivity contribution in [3.8, 4) is 11.8 Å². The van der Waals surface area contributed by atoms with Gasteiger partial charge in [-0.2, -0.15) is 5.26 Å². The highest BCUT2D eigenvalue weighted by Gasteiger charge is 2.19. The average Bonchev–Trinajstić information content (AvgIpc) is 2.97. The predicted octanol–water partition coefficient (Wildman–Crippen LogP) is 2.75. The molecule has 3 rings (SSSR count). The second kappa shape index (κ2) is 6.16. The number of carbonyl (C=O) groups is 1. The van der Waals surface area contributed by atoms with Crippen molar-refractivity contribution in [3.05, 3.63) is 77.7 Å². The van der Waals surface area contributed by atoms with E-state index in [0.29, 0.717) is 17.7 Å². The van der Waals surface area contributed by atoms with E-state index in [1.165, 1.54) is 6.33 Å². The Hall–Kier alpha value is -3.39. The van der Waals surface area contributed by atoms with Gasteiger partial charge in [-0.1, -0.05) is 42.5 Å². The number of aromatic nitrogens is 2. The van der Waals surface area contributed by atoms with E-state index in [2.05, 4.69) is 11.1 Å². The lowest BCUT2D eigenvalue weighted by Gasteiger charge is -2.09. The zero-order chi connectivity index (χ0) is 16.2. The molecule has 23 heavy (non-hydrogen) atoms. The van der Waals surface area contributed by atoms with Crippen molar-refractivity contribution in [1.82, 2.24) is 9.55 Å². The molecule has 0 fully saturated rings. The van der Waals surface area contributed by atoms with Crippen LogP contribution in [0.3, 0.4) is 0 Å². The molecule has 0 aliphatic carbocycles. The third kappa shape index (κ3) is 2.83. The van der Waals surface area contributed by atoms with E-state index in [4.69, 9.17) is 11.0 Å². The number of nitrogens with zero attached hydrogens (tertiary/aromatic N) is 3. The van der Waals surface area contributed by atoms with E-state index in [-0.39, 0.29) is 11.6 Å². The number of nitrogen functional groups attached to an aromatic ring is 1. The highest BCUT2D eigenvalue weighted by molar-refractivity contribution is 6.10. The normalized spacial score (nSPS) is 10.2. The third-order valence-corrected chi connectivity index (χ3v) is 3.54. The molecule has 0 bridgehead atoms. The van der Waals surface area contributed by atoms with Gasteiger partial charge in [0.2, 0.25) is 5.78 Å². The van der Waals surface area contributed by atoms with Crippen LogP contribution in [0.5, 0.6) is 0 Å². The number of ketones is 1. The van der Waals surface area contributed by atoms with Crippen LogP contribution >= 0.6 is 0 Å². The Bertz CT molecular complexity index is 874. The average molecular weight is 302 g/mol. The summed E-state index contributed by atoms with van der Waals surface area (Å²) in [6.07, 6.45) is 1.88. The van der Waals surface area contributed by atoms with Crippen LogP contribution in [-0.2, 0) is 6.42 Å². The van der Waals surface area contributed by atoms with Gasteiger partial charge in [-0.25, -0.2) is 4.98 Å². The van der Waals surface area contributed by atoms with Crippen LogP contribution in [-0.4, -0.2) is 15.3 Å². The van der Waals surface area contributed by atoms with Gasteiger partial charge in [0.05, 0.1) is 12.5 Å². The number of imidazole rings is 1. The summed E-state index contributed by atoms with van der Waals surface area (Å²) in [6.45, 7) is 0. The van der Waals surface area contributed by atoms with Crippen molar-refractivity contribution in [1.29, 1.82) is 5.26 Å². The lowest BCUT2D eigenvalue weighted by atomic mass is 10.1. The Balaban J connectivity index is 2.02. The molecule has 0 aliphatic rings. The van der Waals surface area contributed by atoms with Gasteiger partial charge in [0.1, 0.15) is 12.0 Å². The summed E-state index contributed by atoms with van der Waals surface area (Å²) in [5.41, 5.74) is 8.48. The van der Waals surface area contributed by atoms with E-state index in [1.54, 1.807) is 28.8 Å². The molecule has 2 N–H and O–H groups in total. The standard InChI is InChI=1S/C18H14N4O/c19-11-10-13-6-8-15(9-7-13)22-12-21-18(20)16(22)17(23)14-4-2-1-3-5-14/h1-9,12H,10,20H2. The number of benzene rings is 2. The largest absolute Gasteiger partial charge is 0.382 e. The molecule has 2 aromatic carbocycles. The van der Waals surface area contributed by atoms with Gasteiger partial charge in [0, 0.05) is 11.3 Å². The number of carbonyl (C=O) groups excluding carboxylic acids is 1. The number of hydrogen-bond donors (Lipinski definition) is 1. The fourth-order valence-corrected chi connectivity index (χ4v) is 2.38. The molecule has 5 nitrogen and oxygen atoms in total. The molecule has 0 saturated carbocycles. The highest BCUT2D eigenvalue weighted by Crippen LogP contribution is 2.20. The fraction of sp³-hybridized carbons (Fsp3) is 0.0556. The minimum absolute atomic E-state index is 0.179.